The molecule has 0 saturated carbocycles. The molecule has 6 rings (SSSR count). The molecule has 3 heterocycles. The zero-order valence-corrected chi connectivity index (χ0v) is 18.5. The number of thiazole rings is 1. The van der Waals surface area contributed by atoms with Crippen molar-refractivity contribution < 1.29 is 33.0 Å². The van der Waals surface area contributed by atoms with Crippen LogP contribution in [0.15, 0.2) is 66.2 Å². The van der Waals surface area contributed by atoms with E-state index in [4.69, 9.17) is 9.47 Å². The maximum Gasteiger partial charge on any atom is 0.301 e. The molecule has 1 amide bonds. The molecule has 174 valence electrons. The summed E-state index contributed by atoms with van der Waals surface area (Å²) in [6.07, 6.45) is 0. The van der Waals surface area contributed by atoms with Crippen LogP contribution < -0.4 is 14.4 Å². The van der Waals surface area contributed by atoms with Crippen LogP contribution in [0.3, 0.4) is 0 Å². The van der Waals surface area contributed by atoms with Crippen LogP contribution in [0.2, 0.25) is 0 Å². The standard InChI is InChI=1S/C25H14F2N2O5S/c26-14-4-1-12(2-5-14)22(30)20-21(13-3-8-17-18(9-13)34-11-33-17)29(24(32)23(20)31)25-28-16-7-6-15(27)10-19(16)35-25/h1-10,21,30H,11H2/t21-/m1/s1. The molecule has 0 spiro atoms. The van der Waals surface area contributed by atoms with Crippen molar-refractivity contribution in [2.45, 2.75) is 6.04 Å². The highest BCUT2D eigenvalue weighted by Gasteiger charge is 2.48. The van der Waals surface area contributed by atoms with Gasteiger partial charge in [0, 0.05) is 5.56 Å². The van der Waals surface area contributed by atoms with E-state index in [1.54, 1.807) is 18.2 Å². The van der Waals surface area contributed by atoms with Gasteiger partial charge < -0.3 is 14.6 Å². The first-order valence-corrected chi connectivity index (χ1v) is 11.2. The van der Waals surface area contributed by atoms with Crippen molar-refractivity contribution in [2.75, 3.05) is 11.7 Å². The van der Waals surface area contributed by atoms with Crippen LogP contribution in [0, 0.1) is 11.6 Å². The van der Waals surface area contributed by atoms with Crippen molar-refractivity contribution in [3.63, 3.8) is 0 Å². The highest BCUT2D eigenvalue weighted by molar-refractivity contribution is 7.22. The average Bonchev–Trinajstić information content (AvgIpc) is 3.54. The lowest BCUT2D eigenvalue weighted by molar-refractivity contribution is -0.132. The molecule has 10 heteroatoms. The molecule has 0 aliphatic carbocycles. The predicted molar refractivity (Wildman–Crippen MR) is 123 cm³/mol. The average molecular weight is 492 g/mol. The van der Waals surface area contributed by atoms with Gasteiger partial charge in [0.15, 0.2) is 16.6 Å². The van der Waals surface area contributed by atoms with Gasteiger partial charge in [-0.2, -0.15) is 0 Å². The van der Waals surface area contributed by atoms with E-state index in [-0.39, 0.29) is 23.1 Å². The number of fused-ring (bicyclic) bond motifs is 2. The molecule has 2 aliphatic rings. The molecule has 3 aromatic carbocycles. The molecular formula is C25H14F2N2O5S. The topological polar surface area (TPSA) is 89.0 Å². The van der Waals surface area contributed by atoms with E-state index in [0.717, 1.165) is 23.5 Å². The number of hydrogen-bond donors (Lipinski definition) is 1. The molecule has 1 aromatic heterocycles. The Hall–Kier alpha value is -4.31. The van der Waals surface area contributed by atoms with Gasteiger partial charge in [-0.25, -0.2) is 13.8 Å². The molecule has 2 aliphatic heterocycles. The Morgan fingerprint density at radius 3 is 2.51 bits per heavy atom. The summed E-state index contributed by atoms with van der Waals surface area (Å²) in [5.41, 5.74) is 0.895. The first kappa shape index (κ1) is 21.2. The summed E-state index contributed by atoms with van der Waals surface area (Å²) in [5, 5.41) is 11.3. The number of aromatic nitrogens is 1. The summed E-state index contributed by atoms with van der Waals surface area (Å²) < 4.78 is 38.5. The minimum atomic E-state index is -1.07. The number of ether oxygens (including phenoxy) is 2. The Labute approximate surface area is 200 Å². The lowest BCUT2D eigenvalue weighted by atomic mass is 9.95. The zero-order chi connectivity index (χ0) is 24.3. The largest absolute Gasteiger partial charge is 0.507 e. The van der Waals surface area contributed by atoms with E-state index in [2.05, 4.69) is 4.98 Å². The number of Topliss-reactive ketones (excluding diaryl/α,β-unsaturated/α-hetero) is 1. The number of benzene rings is 3. The molecule has 1 N–H and O–H groups in total. The van der Waals surface area contributed by atoms with Gasteiger partial charge in [-0.05, 0) is 60.2 Å². The fourth-order valence-electron chi connectivity index (χ4n) is 4.18. The fraction of sp³-hybridized carbons (Fsp3) is 0.0800. The molecule has 1 atom stereocenters. The van der Waals surface area contributed by atoms with Gasteiger partial charge in [-0.3, -0.25) is 14.5 Å². The summed E-state index contributed by atoms with van der Waals surface area (Å²) in [7, 11) is 0. The van der Waals surface area contributed by atoms with Crippen molar-refractivity contribution >= 4 is 44.1 Å². The number of carbonyl (C=O) groups excluding carboxylic acids is 2. The third kappa shape index (κ3) is 3.41. The minimum absolute atomic E-state index is 0.0258. The van der Waals surface area contributed by atoms with Crippen molar-refractivity contribution in [2.24, 2.45) is 0 Å². The van der Waals surface area contributed by atoms with Gasteiger partial charge in [0.1, 0.15) is 17.4 Å². The van der Waals surface area contributed by atoms with E-state index < -0.39 is 35.1 Å². The van der Waals surface area contributed by atoms with Crippen LogP contribution in [0.25, 0.3) is 16.0 Å². The molecule has 35 heavy (non-hydrogen) atoms. The first-order valence-electron chi connectivity index (χ1n) is 10.4. The molecule has 0 bridgehead atoms. The van der Waals surface area contributed by atoms with Crippen LogP contribution in [0.5, 0.6) is 11.5 Å². The molecular weight excluding hydrogens is 478 g/mol. The summed E-state index contributed by atoms with van der Waals surface area (Å²) in [5.74, 6) is -2.35. The molecule has 0 unspecified atom stereocenters. The monoisotopic (exact) mass is 492 g/mol. The Morgan fingerprint density at radius 2 is 1.71 bits per heavy atom. The van der Waals surface area contributed by atoms with Crippen LogP contribution in [0.1, 0.15) is 17.2 Å². The molecule has 1 fully saturated rings. The second-order valence-corrected chi connectivity index (χ2v) is 8.91. The normalized spacial score (nSPS) is 18.6. The Morgan fingerprint density at radius 1 is 0.971 bits per heavy atom. The SMILES string of the molecule is O=C1C(=O)N(c2nc3ccc(F)cc3s2)[C@H](c2ccc3c(c2)OCO3)C1=C(O)c1ccc(F)cc1. The highest BCUT2D eigenvalue weighted by Crippen LogP contribution is 2.46. The number of anilines is 1. The number of amides is 1. The number of rotatable bonds is 3. The number of carbonyl (C=O) groups is 2. The highest BCUT2D eigenvalue weighted by atomic mass is 32.1. The van der Waals surface area contributed by atoms with Gasteiger partial charge in [0.05, 0.1) is 21.8 Å². The van der Waals surface area contributed by atoms with E-state index in [9.17, 15) is 23.5 Å². The maximum atomic E-state index is 13.8. The molecule has 4 aromatic rings. The predicted octanol–water partition coefficient (Wildman–Crippen LogP) is 4.93. The van der Waals surface area contributed by atoms with Crippen LogP contribution in [-0.4, -0.2) is 28.6 Å². The van der Waals surface area contributed by atoms with Gasteiger partial charge >= 0.3 is 5.91 Å². The van der Waals surface area contributed by atoms with E-state index in [1.165, 1.54) is 35.2 Å². The van der Waals surface area contributed by atoms with Crippen LogP contribution >= 0.6 is 11.3 Å². The molecule has 7 nitrogen and oxygen atoms in total. The summed E-state index contributed by atoms with van der Waals surface area (Å²) >= 11 is 1.04. The van der Waals surface area contributed by atoms with Crippen molar-refractivity contribution in [1.82, 2.24) is 4.98 Å². The maximum absolute atomic E-state index is 13.8. The number of nitrogens with zero attached hydrogens (tertiary/aromatic N) is 2. The molecule has 0 radical (unpaired) electrons. The number of ketones is 1. The first-order chi connectivity index (χ1) is 16.9. The quantitative estimate of drug-likeness (QED) is 0.248. The fourth-order valence-corrected chi connectivity index (χ4v) is 5.20. The van der Waals surface area contributed by atoms with Gasteiger partial charge in [0.2, 0.25) is 6.79 Å². The third-order valence-corrected chi connectivity index (χ3v) is 6.84. The summed E-state index contributed by atoms with van der Waals surface area (Å²) in [4.78, 5) is 32.1. The van der Waals surface area contributed by atoms with E-state index >= 15 is 0 Å². The number of hydrogen-bond acceptors (Lipinski definition) is 7. The number of halogens is 2. The van der Waals surface area contributed by atoms with E-state index in [1.807, 2.05) is 0 Å². The summed E-state index contributed by atoms with van der Waals surface area (Å²) in [6, 6.07) is 12.8. The molecule has 1 saturated heterocycles. The Balaban J connectivity index is 1.57. The zero-order valence-electron chi connectivity index (χ0n) is 17.7. The van der Waals surface area contributed by atoms with Crippen molar-refractivity contribution in [3.8, 4) is 11.5 Å². The van der Waals surface area contributed by atoms with Crippen LogP contribution in [-0.2, 0) is 9.59 Å². The van der Waals surface area contributed by atoms with E-state index in [0.29, 0.717) is 27.3 Å². The number of aliphatic hydroxyl groups excluding tert-OH is 1. The van der Waals surface area contributed by atoms with Crippen molar-refractivity contribution in [3.05, 3.63) is 89.0 Å². The van der Waals surface area contributed by atoms with Crippen molar-refractivity contribution in [1.29, 1.82) is 0 Å². The second kappa shape index (κ2) is 7.88. The Bertz CT molecular complexity index is 1560. The van der Waals surface area contributed by atoms with Crippen LogP contribution in [0.4, 0.5) is 13.9 Å². The van der Waals surface area contributed by atoms with Gasteiger partial charge in [-0.1, -0.05) is 17.4 Å². The number of aliphatic hydroxyl groups is 1. The lowest BCUT2D eigenvalue weighted by Gasteiger charge is -2.23. The lowest BCUT2D eigenvalue weighted by Crippen LogP contribution is -2.29. The van der Waals surface area contributed by atoms with Gasteiger partial charge in [0.25, 0.3) is 5.78 Å². The second-order valence-electron chi connectivity index (χ2n) is 7.90. The Kier molecular flexibility index (Phi) is 4.78. The minimum Gasteiger partial charge on any atom is -0.507 e. The third-order valence-electron chi connectivity index (χ3n) is 5.82. The van der Waals surface area contributed by atoms with Gasteiger partial charge in [-0.15, -0.1) is 0 Å². The smallest absolute Gasteiger partial charge is 0.301 e. The summed E-state index contributed by atoms with van der Waals surface area (Å²) in [6.45, 7) is 0.0258.